The molecule has 1 aliphatic rings. The normalized spacial score (nSPS) is 16.0. The molecule has 0 spiro atoms. The number of nitrogens with zero attached hydrogens (tertiary/aromatic N) is 3. The Bertz CT molecular complexity index is 1120. The van der Waals surface area contributed by atoms with Crippen molar-refractivity contribution in [2.24, 2.45) is 11.3 Å². The molecule has 0 saturated heterocycles. The largest absolute Gasteiger partial charge is 0.359 e. The maximum Gasteiger partial charge on any atom is 0.223 e. The molecule has 1 atom stereocenters. The van der Waals surface area contributed by atoms with E-state index in [9.17, 15) is 18.0 Å². The number of carbonyl (C=O) groups is 2. The third-order valence-electron chi connectivity index (χ3n) is 6.30. The maximum atomic E-state index is 13.5. The third kappa shape index (κ3) is 5.35. The molecule has 0 bridgehead atoms. The number of imidazole rings is 1. The Kier molecular flexibility index (Phi) is 7.43. The summed E-state index contributed by atoms with van der Waals surface area (Å²) >= 11 is 0. The average Bonchev–Trinajstić information content (AvgIpc) is 3.00. The predicted octanol–water partition coefficient (Wildman–Crippen LogP) is 2.74. The van der Waals surface area contributed by atoms with Crippen LogP contribution in [0.5, 0.6) is 0 Å². The molecule has 8 nitrogen and oxygen atoms in total. The number of carbonyl (C=O) groups excluding carboxylic acids is 2. The van der Waals surface area contributed by atoms with Crippen molar-refractivity contribution in [2.45, 2.75) is 47.1 Å². The van der Waals surface area contributed by atoms with Gasteiger partial charge in [-0.3, -0.25) is 9.59 Å². The summed E-state index contributed by atoms with van der Waals surface area (Å²) in [5.41, 5.74) is 1.53. The first-order valence-corrected chi connectivity index (χ1v) is 13.0. The summed E-state index contributed by atoms with van der Waals surface area (Å²) in [6, 6.07) is 9.58. The molecular weight excluding hydrogens is 440 g/mol. The second kappa shape index (κ2) is 9.77. The number of benzene rings is 1. The van der Waals surface area contributed by atoms with Crippen molar-refractivity contribution in [3.63, 3.8) is 0 Å². The van der Waals surface area contributed by atoms with Gasteiger partial charge in [0, 0.05) is 45.1 Å². The van der Waals surface area contributed by atoms with Gasteiger partial charge in [0.25, 0.3) is 0 Å². The Labute approximate surface area is 196 Å². The van der Waals surface area contributed by atoms with Gasteiger partial charge in [0.15, 0.2) is 5.78 Å². The lowest BCUT2D eigenvalue weighted by atomic mass is 9.77. The van der Waals surface area contributed by atoms with Crippen LogP contribution >= 0.6 is 0 Å². The molecule has 2 aromatic rings. The van der Waals surface area contributed by atoms with E-state index >= 15 is 0 Å². The lowest BCUT2D eigenvalue weighted by Gasteiger charge is -2.28. The number of Topliss-reactive ketones (excluding diaryl/α,β-unsaturated/α-hetero) is 1. The van der Waals surface area contributed by atoms with Crippen LogP contribution in [0.4, 0.5) is 0 Å². The second-order valence-electron chi connectivity index (χ2n) is 9.46. The Morgan fingerprint density at radius 3 is 2.36 bits per heavy atom. The van der Waals surface area contributed by atoms with E-state index in [0.717, 1.165) is 11.3 Å². The van der Waals surface area contributed by atoms with Gasteiger partial charge in [0.05, 0.1) is 17.4 Å². The van der Waals surface area contributed by atoms with Gasteiger partial charge in [0.1, 0.15) is 11.5 Å². The monoisotopic (exact) mass is 474 g/mol. The molecule has 0 fully saturated rings. The summed E-state index contributed by atoms with van der Waals surface area (Å²) in [5, 5.41) is 2.67. The van der Waals surface area contributed by atoms with Gasteiger partial charge in [0.2, 0.25) is 15.9 Å². The topological polar surface area (TPSA) is 101 Å². The zero-order chi connectivity index (χ0) is 24.4. The molecule has 0 saturated carbocycles. The maximum absolute atomic E-state index is 13.5. The first kappa shape index (κ1) is 25.1. The fraction of sp³-hybridized carbons (Fsp3) is 0.542. The van der Waals surface area contributed by atoms with Crippen LogP contribution in [0.3, 0.4) is 0 Å². The highest BCUT2D eigenvalue weighted by Crippen LogP contribution is 2.32. The van der Waals surface area contributed by atoms with Crippen molar-refractivity contribution in [1.29, 1.82) is 0 Å². The first-order valence-electron chi connectivity index (χ1n) is 11.4. The molecule has 2 heterocycles. The quantitative estimate of drug-likeness (QED) is 0.622. The molecule has 9 heteroatoms. The van der Waals surface area contributed by atoms with Gasteiger partial charge < -0.3 is 9.88 Å². The molecule has 0 radical (unpaired) electrons. The number of sulfonamides is 1. The number of aromatic nitrogens is 2. The molecule has 0 aliphatic carbocycles. The Morgan fingerprint density at radius 1 is 1.12 bits per heavy atom. The van der Waals surface area contributed by atoms with Crippen LogP contribution in [0.25, 0.3) is 11.4 Å². The molecule has 1 N–H and O–H groups in total. The number of hydrogen-bond donors (Lipinski definition) is 1. The summed E-state index contributed by atoms with van der Waals surface area (Å²) in [4.78, 5) is 30.8. The van der Waals surface area contributed by atoms with E-state index in [0.29, 0.717) is 37.6 Å². The zero-order valence-electron chi connectivity index (χ0n) is 20.1. The van der Waals surface area contributed by atoms with E-state index in [1.54, 1.807) is 14.0 Å². The van der Waals surface area contributed by atoms with Gasteiger partial charge >= 0.3 is 0 Å². The summed E-state index contributed by atoms with van der Waals surface area (Å²) in [5.74, 6) is -0.190. The number of amides is 1. The molecule has 1 aromatic carbocycles. The minimum Gasteiger partial charge on any atom is -0.359 e. The van der Waals surface area contributed by atoms with E-state index < -0.39 is 21.4 Å². The van der Waals surface area contributed by atoms with Crippen LogP contribution in [0.15, 0.2) is 30.3 Å². The van der Waals surface area contributed by atoms with Gasteiger partial charge in [-0.25, -0.2) is 13.4 Å². The van der Waals surface area contributed by atoms with Gasteiger partial charge in [-0.15, -0.1) is 0 Å². The Hall–Kier alpha value is -2.52. The second-order valence-corrected chi connectivity index (χ2v) is 11.7. The van der Waals surface area contributed by atoms with E-state index in [4.69, 9.17) is 4.98 Å². The number of hydrogen-bond acceptors (Lipinski definition) is 5. The highest BCUT2D eigenvalue weighted by Gasteiger charge is 2.35. The van der Waals surface area contributed by atoms with E-state index in [-0.39, 0.29) is 23.9 Å². The molecule has 180 valence electrons. The standard InChI is InChI=1S/C24H34N4O4S/c1-6-33(31,32)27-13-12-19-21(20(29)16-18(23(30)25-5)24(2,3)4)26-22(28(19)15-14-27)17-10-8-7-9-11-17/h7-11,18H,6,12-16H2,1-5H3,(H,25,30)/t18-/m1/s1. The van der Waals surface area contributed by atoms with Crippen LogP contribution in [-0.2, 0) is 27.8 Å². The van der Waals surface area contributed by atoms with Crippen molar-refractivity contribution >= 4 is 21.7 Å². The fourth-order valence-corrected chi connectivity index (χ4v) is 5.37. The smallest absolute Gasteiger partial charge is 0.223 e. The molecule has 1 aliphatic heterocycles. The molecule has 0 unspecified atom stereocenters. The van der Waals surface area contributed by atoms with Crippen molar-refractivity contribution in [2.75, 3.05) is 25.9 Å². The Balaban J connectivity index is 2.04. The summed E-state index contributed by atoms with van der Waals surface area (Å²) in [6.45, 7) is 8.50. The molecule has 3 rings (SSSR count). The molecular formula is C24H34N4O4S. The minimum atomic E-state index is -3.34. The predicted molar refractivity (Wildman–Crippen MR) is 128 cm³/mol. The van der Waals surface area contributed by atoms with E-state index in [2.05, 4.69) is 5.32 Å². The Morgan fingerprint density at radius 2 is 1.79 bits per heavy atom. The number of ketones is 1. The fourth-order valence-electron chi connectivity index (χ4n) is 4.27. The van der Waals surface area contributed by atoms with Crippen LogP contribution in [0, 0.1) is 11.3 Å². The lowest BCUT2D eigenvalue weighted by molar-refractivity contribution is -0.127. The molecule has 1 aromatic heterocycles. The summed E-state index contributed by atoms with van der Waals surface area (Å²) in [7, 11) is -1.77. The van der Waals surface area contributed by atoms with Gasteiger partial charge in [-0.1, -0.05) is 51.1 Å². The van der Waals surface area contributed by atoms with Gasteiger partial charge in [-0.2, -0.15) is 4.31 Å². The van der Waals surface area contributed by atoms with Crippen molar-refractivity contribution in [3.05, 3.63) is 41.7 Å². The highest BCUT2D eigenvalue weighted by atomic mass is 32.2. The van der Waals surface area contributed by atoms with Crippen molar-refractivity contribution in [1.82, 2.24) is 19.2 Å². The summed E-state index contributed by atoms with van der Waals surface area (Å²) in [6.07, 6.45) is 0.429. The van der Waals surface area contributed by atoms with Crippen molar-refractivity contribution < 1.29 is 18.0 Å². The van der Waals surface area contributed by atoms with Crippen molar-refractivity contribution in [3.8, 4) is 11.4 Å². The van der Waals surface area contributed by atoms with Gasteiger partial charge in [-0.05, 0) is 12.3 Å². The lowest BCUT2D eigenvalue weighted by Crippen LogP contribution is -2.37. The zero-order valence-corrected chi connectivity index (χ0v) is 20.9. The van der Waals surface area contributed by atoms with Crippen LogP contribution in [0.1, 0.15) is 50.3 Å². The summed E-state index contributed by atoms with van der Waals surface area (Å²) < 4.78 is 28.5. The first-order chi connectivity index (χ1) is 15.5. The molecule has 1 amide bonds. The minimum absolute atomic E-state index is 0.0386. The highest BCUT2D eigenvalue weighted by molar-refractivity contribution is 7.89. The number of nitrogens with one attached hydrogen (secondary N) is 1. The number of fused-ring (bicyclic) bond motifs is 1. The third-order valence-corrected chi connectivity index (χ3v) is 8.18. The van der Waals surface area contributed by atoms with Crippen LogP contribution < -0.4 is 5.32 Å². The van der Waals surface area contributed by atoms with E-state index in [1.165, 1.54) is 4.31 Å². The van der Waals surface area contributed by atoms with E-state index in [1.807, 2.05) is 55.7 Å². The average molecular weight is 475 g/mol. The number of rotatable bonds is 7. The van der Waals surface area contributed by atoms with Crippen LogP contribution in [-0.4, -0.2) is 59.9 Å². The van der Waals surface area contributed by atoms with Crippen LogP contribution in [0.2, 0.25) is 0 Å². The molecule has 33 heavy (non-hydrogen) atoms. The SMILES string of the molecule is CCS(=O)(=O)N1CCc2c(C(=O)C[C@H](C(=O)NC)C(C)(C)C)nc(-c3ccccc3)n2CC1.